The fraction of sp³-hybridized carbons (Fsp3) is 0.791. The van der Waals surface area contributed by atoms with Gasteiger partial charge >= 0.3 is 0 Å². The number of ketones is 1. The zero-order chi connectivity index (χ0) is 73.2. The molecule has 0 spiro atoms. The van der Waals surface area contributed by atoms with E-state index in [-0.39, 0.29) is 47.8 Å². The molecule has 10 nitrogen and oxygen atoms in total. The second kappa shape index (κ2) is 59.5. The highest BCUT2D eigenvalue weighted by Gasteiger charge is 2.71. The number of hydrogen-bond acceptors (Lipinski definition) is 10. The number of phenolic OH excluding ortho intramolecular Hbond substituents is 2. The van der Waals surface area contributed by atoms with Gasteiger partial charge in [0.2, 0.25) is 0 Å². The van der Waals surface area contributed by atoms with E-state index in [1.165, 1.54) is 276 Å². The Morgan fingerprint density at radius 2 is 0.673 bits per heavy atom. The highest BCUT2D eigenvalue weighted by molar-refractivity contribution is 6.03. The number of hydrogen-bond donors (Lipinski definition) is 6. The second-order valence-electron chi connectivity index (χ2n) is 31.2. The minimum absolute atomic E-state index is 0.0198. The number of allylic oxidation sites excluding steroid dienone is 2. The SMILES string of the molecule is CCCCCCCCCCCCCCCCC(O)[C@H]1O[C@@H](C(C=Cc2ccc(O)c(OC)c2)=CC(=O)C=Cc2ccc(O)c(OC)c2)[C@@](O)(CCCCCCCCCCCCCCCC)[C@](O)(CCCCCCCCCCCCCCCC)[C@@]1(O)CCCCCCCCCCCCCCCC. The third-order valence-electron chi connectivity index (χ3n) is 22.5. The van der Waals surface area contributed by atoms with Crippen LogP contribution in [0.1, 0.15) is 424 Å². The molecule has 10 heteroatoms. The van der Waals surface area contributed by atoms with Crippen LogP contribution in [-0.4, -0.2) is 85.8 Å². The van der Waals surface area contributed by atoms with Gasteiger partial charge in [0, 0.05) is 0 Å². The molecule has 0 saturated carbocycles. The predicted octanol–water partition coefficient (Wildman–Crippen LogP) is 26.1. The molecule has 0 aliphatic carbocycles. The molecule has 1 saturated heterocycles. The van der Waals surface area contributed by atoms with Gasteiger partial charge in [-0.2, -0.15) is 0 Å². The normalized spacial score (nSPS) is 19.1. The van der Waals surface area contributed by atoms with Crippen LogP contribution in [0.5, 0.6) is 23.0 Å². The molecule has 1 aliphatic heterocycles. The third kappa shape index (κ3) is 38.4. The van der Waals surface area contributed by atoms with Crippen LogP contribution in [0, 0.1) is 0 Å². The van der Waals surface area contributed by atoms with Crippen LogP contribution in [0.2, 0.25) is 0 Å². The van der Waals surface area contributed by atoms with Gasteiger partial charge in [0.15, 0.2) is 28.8 Å². The standard InChI is InChI=1S/C91H158O10/c1-7-11-15-19-23-27-31-35-39-43-47-51-55-59-63-84(95)88-90(97,73-61-57-53-49-45-41-37-33-29-25-21-17-13-9-3)91(98,74-62-58-54-50-46-42-38-34-30-26-22-18-14-10-4)89(96,72-60-56-52-48-44-40-36-32-28-24-20-16-12-8-2)87(101-88)80(68-64-78-66-70-82(93)85(75-78)99-5)77-81(92)69-65-79-67-71-83(94)86(76-79)100-6/h64-71,75-77,84,87-88,93-98H,7-63,72-74H2,1-6H3/t84?,87-,88+,89-,90+,91+/m0/s1. The number of phenols is 2. The van der Waals surface area contributed by atoms with E-state index in [2.05, 4.69) is 27.7 Å². The largest absolute Gasteiger partial charge is 0.504 e. The van der Waals surface area contributed by atoms with Gasteiger partial charge in [0.25, 0.3) is 0 Å². The quantitative estimate of drug-likeness (QED) is 0.0213. The number of ether oxygens (including phenoxy) is 3. The van der Waals surface area contributed by atoms with Crippen molar-refractivity contribution in [2.45, 2.75) is 448 Å². The van der Waals surface area contributed by atoms with Crippen LogP contribution < -0.4 is 9.47 Å². The van der Waals surface area contributed by atoms with Crippen molar-refractivity contribution >= 4 is 17.9 Å². The van der Waals surface area contributed by atoms with E-state index in [9.17, 15) is 35.4 Å². The van der Waals surface area contributed by atoms with Crippen molar-refractivity contribution < 1.29 is 49.6 Å². The zero-order valence-electron chi connectivity index (χ0n) is 66.3. The number of benzene rings is 2. The lowest BCUT2D eigenvalue weighted by Gasteiger charge is -2.63. The lowest BCUT2D eigenvalue weighted by Crippen LogP contribution is -2.81. The first-order valence-electron chi connectivity index (χ1n) is 43.1. The van der Waals surface area contributed by atoms with Crippen LogP contribution >= 0.6 is 0 Å². The van der Waals surface area contributed by atoms with Crippen molar-refractivity contribution in [1.82, 2.24) is 0 Å². The Morgan fingerprint density at radius 3 is 0.990 bits per heavy atom. The van der Waals surface area contributed by atoms with E-state index in [1.807, 2.05) is 0 Å². The molecular weight excluding hydrogens is 1250 g/mol. The van der Waals surface area contributed by atoms with Crippen LogP contribution in [0.3, 0.4) is 0 Å². The minimum Gasteiger partial charge on any atom is -0.504 e. The van der Waals surface area contributed by atoms with E-state index in [0.717, 1.165) is 96.3 Å². The summed E-state index contributed by atoms with van der Waals surface area (Å²) < 4.78 is 18.4. The molecule has 1 heterocycles. The van der Waals surface area contributed by atoms with Crippen molar-refractivity contribution in [2.75, 3.05) is 14.2 Å². The Kier molecular flexibility index (Phi) is 53.9. The number of rotatable bonds is 69. The predicted molar refractivity (Wildman–Crippen MR) is 430 cm³/mol. The fourth-order valence-corrected chi connectivity index (χ4v) is 15.9. The molecule has 2 aromatic rings. The molecule has 0 amide bonds. The number of aliphatic hydroxyl groups is 4. The Labute approximate surface area is 621 Å². The van der Waals surface area contributed by atoms with Crippen molar-refractivity contribution in [1.29, 1.82) is 0 Å². The molecule has 582 valence electrons. The molecule has 6 N–H and O–H groups in total. The van der Waals surface area contributed by atoms with E-state index in [1.54, 1.807) is 48.6 Å². The molecule has 1 unspecified atom stereocenters. The maximum atomic E-state index is 14.8. The smallest absolute Gasteiger partial charge is 0.179 e. The minimum atomic E-state index is -2.18. The van der Waals surface area contributed by atoms with Crippen LogP contribution in [0.25, 0.3) is 12.2 Å². The number of aromatic hydroxyl groups is 2. The number of aliphatic hydroxyl groups excluding tert-OH is 1. The maximum absolute atomic E-state index is 14.8. The van der Waals surface area contributed by atoms with Gasteiger partial charge in [-0.1, -0.05) is 418 Å². The van der Waals surface area contributed by atoms with Gasteiger partial charge in [-0.25, -0.2) is 0 Å². The van der Waals surface area contributed by atoms with Gasteiger partial charge in [-0.05, 0) is 78.8 Å². The average molecular weight is 1410 g/mol. The Bertz CT molecular complexity index is 2400. The number of carbonyl (C=O) groups excluding carboxylic acids is 1. The summed E-state index contributed by atoms with van der Waals surface area (Å²) in [7, 11) is 2.98. The second-order valence-corrected chi connectivity index (χ2v) is 31.2. The van der Waals surface area contributed by atoms with Gasteiger partial charge < -0.3 is 44.8 Å². The summed E-state index contributed by atoms with van der Waals surface area (Å²) in [6.07, 6.45) is 70.7. The Hall–Kier alpha value is -3.67. The summed E-state index contributed by atoms with van der Waals surface area (Å²) in [5.41, 5.74) is -4.80. The average Bonchev–Trinajstić information content (AvgIpc) is 0.698. The fourth-order valence-electron chi connectivity index (χ4n) is 15.9. The summed E-state index contributed by atoms with van der Waals surface area (Å²) in [6, 6.07) is 9.89. The summed E-state index contributed by atoms with van der Waals surface area (Å²) in [5.74, 6) is 0.0824. The maximum Gasteiger partial charge on any atom is 0.179 e. The lowest BCUT2D eigenvalue weighted by atomic mass is 9.57. The first kappa shape index (κ1) is 91.5. The molecule has 6 atom stereocenters. The number of unbranched alkanes of at least 4 members (excludes halogenated alkanes) is 52. The van der Waals surface area contributed by atoms with E-state index in [0.29, 0.717) is 36.8 Å². The lowest BCUT2D eigenvalue weighted by molar-refractivity contribution is -0.365. The molecule has 3 rings (SSSR count). The number of carbonyl (C=O) groups is 1. The van der Waals surface area contributed by atoms with E-state index >= 15 is 0 Å². The van der Waals surface area contributed by atoms with Crippen molar-refractivity contribution in [2.24, 2.45) is 0 Å². The van der Waals surface area contributed by atoms with E-state index in [4.69, 9.17) is 14.2 Å². The van der Waals surface area contributed by atoms with Crippen LogP contribution in [0.4, 0.5) is 0 Å². The third-order valence-corrected chi connectivity index (χ3v) is 22.5. The molecule has 0 radical (unpaired) electrons. The molecule has 1 fully saturated rings. The zero-order valence-corrected chi connectivity index (χ0v) is 66.3. The van der Waals surface area contributed by atoms with Gasteiger partial charge in [-0.3, -0.25) is 4.79 Å². The Balaban J connectivity index is 2.14. The molecule has 0 bridgehead atoms. The molecule has 1 aliphatic rings. The summed E-state index contributed by atoms with van der Waals surface area (Å²) in [5, 5.41) is 77.5. The van der Waals surface area contributed by atoms with Crippen molar-refractivity contribution in [3.05, 3.63) is 71.3 Å². The summed E-state index contributed by atoms with van der Waals surface area (Å²) in [6.45, 7) is 9.09. The topological polar surface area (TPSA) is 166 Å². The Morgan fingerprint density at radius 1 is 0.396 bits per heavy atom. The molecule has 2 aromatic carbocycles. The molecule has 0 aromatic heterocycles. The monoisotopic (exact) mass is 1410 g/mol. The van der Waals surface area contributed by atoms with Crippen molar-refractivity contribution in [3.63, 3.8) is 0 Å². The van der Waals surface area contributed by atoms with Gasteiger partial charge in [0.1, 0.15) is 29.0 Å². The van der Waals surface area contributed by atoms with Gasteiger partial charge in [-0.15, -0.1) is 0 Å². The van der Waals surface area contributed by atoms with Crippen molar-refractivity contribution in [3.8, 4) is 23.0 Å². The highest BCUT2D eigenvalue weighted by Crippen LogP contribution is 2.54. The highest BCUT2D eigenvalue weighted by atomic mass is 16.6. The van der Waals surface area contributed by atoms with Crippen LogP contribution in [-0.2, 0) is 9.53 Å². The van der Waals surface area contributed by atoms with Gasteiger partial charge in [0.05, 0.1) is 20.3 Å². The first-order valence-corrected chi connectivity index (χ1v) is 43.1. The molecule has 101 heavy (non-hydrogen) atoms. The first-order chi connectivity index (χ1) is 49.3. The summed E-state index contributed by atoms with van der Waals surface area (Å²) >= 11 is 0. The van der Waals surface area contributed by atoms with E-state index < -0.39 is 40.9 Å². The van der Waals surface area contributed by atoms with Crippen LogP contribution in [0.15, 0.2) is 60.2 Å². The molecular formula is C91H158O10. The summed E-state index contributed by atoms with van der Waals surface area (Å²) in [4.78, 5) is 14.8. The number of methoxy groups -OCH3 is 2.